The maximum atomic E-state index is 12.0. The van der Waals surface area contributed by atoms with E-state index in [0.29, 0.717) is 10.7 Å². The summed E-state index contributed by atoms with van der Waals surface area (Å²) in [6.07, 6.45) is 0.182. The third-order valence-electron chi connectivity index (χ3n) is 3.05. The Morgan fingerprint density at radius 3 is 2.95 bits per heavy atom. The van der Waals surface area contributed by atoms with E-state index in [0.717, 1.165) is 10.6 Å². The van der Waals surface area contributed by atoms with Crippen LogP contribution in [0, 0.1) is 6.92 Å². The number of carbonyl (C=O) groups is 2. The number of nitrogens with one attached hydrogen (secondary N) is 2. The molecule has 2 heterocycles. The lowest BCUT2D eigenvalue weighted by molar-refractivity contribution is -0.116. The van der Waals surface area contributed by atoms with E-state index in [-0.39, 0.29) is 24.3 Å². The lowest BCUT2D eigenvalue weighted by Crippen LogP contribution is -2.24. The minimum atomic E-state index is -0.285. The molecule has 3 rings (SSSR count). The lowest BCUT2D eigenvalue weighted by Gasteiger charge is -2.10. The molecule has 1 aliphatic heterocycles. The van der Waals surface area contributed by atoms with Gasteiger partial charge in [-0.25, -0.2) is 0 Å². The lowest BCUT2D eigenvalue weighted by atomic mass is 10.0. The molecule has 0 saturated carbocycles. The van der Waals surface area contributed by atoms with Crippen molar-refractivity contribution >= 4 is 28.3 Å². The van der Waals surface area contributed by atoms with Crippen LogP contribution in [0.25, 0.3) is 0 Å². The molecule has 102 valence electrons. The van der Waals surface area contributed by atoms with Gasteiger partial charge in [-0.05, 0) is 18.6 Å². The van der Waals surface area contributed by atoms with Gasteiger partial charge in [0.1, 0.15) is 5.01 Å². The highest BCUT2D eigenvalue weighted by atomic mass is 32.1. The van der Waals surface area contributed by atoms with Crippen molar-refractivity contribution in [3.8, 4) is 0 Å². The average Bonchev–Trinajstić information content (AvgIpc) is 2.95. The summed E-state index contributed by atoms with van der Waals surface area (Å²) in [5, 5.41) is 14.4. The van der Waals surface area contributed by atoms with Crippen molar-refractivity contribution in [1.82, 2.24) is 15.5 Å². The second kappa shape index (κ2) is 5.01. The number of aromatic nitrogens is 2. The molecule has 2 amide bonds. The maximum Gasteiger partial charge on any atom is 0.252 e. The Bertz CT molecular complexity index is 683. The van der Waals surface area contributed by atoms with E-state index in [1.165, 1.54) is 11.3 Å². The Kier molecular flexibility index (Phi) is 3.19. The van der Waals surface area contributed by atoms with Gasteiger partial charge in [-0.2, -0.15) is 0 Å². The minimum Gasteiger partial charge on any atom is -0.345 e. The third kappa shape index (κ3) is 2.39. The topological polar surface area (TPSA) is 84.0 Å². The van der Waals surface area contributed by atoms with Gasteiger partial charge in [0.05, 0.1) is 12.5 Å². The zero-order valence-electron chi connectivity index (χ0n) is 10.7. The molecule has 0 spiro atoms. The molecule has 1 aromatic heterocycles. The highest BCUT2D eigenvalue weighted by molar-refractivity contribution is 7.15. The van der Waals surface area contributed by atoms with Crippen molar-refractivity contribution in [2.75, 3.05) is 5.32 Å². The maximum absolute atomic E-state index is 12.0. The van der Waals surface area contributed by atoms with E-state index >= 15 is 0 Å². The van der Waals surface area contributed by atoms with Gasteiger partial charge >= 0.3 is 0 Å². The van der Waals surface area contributed by atoms with Gasteiger partial charge in [0.15, 0.2) is 0 Å². The molecule has 0 aliphatic carbocycles. The third-order valence-corrected chi connectivity index (χ3v) is 3.80. The van der Waals surface area contributed by atoms with E-state index in [9.17, 15) is 9.59 Å². The van der Waals surface area contributed by atoms with Crippen LogP contribution in [0.3, 0.4) is 0 Å². The predicted octanol–water partition coefficient (Wildman–Crippen LogP) is 1.66. The number of anilines is 1. The zero-order chi connectivity index (χ0) is 14.1. The first-order valence-corrected chi connectivity index (χ1v) is 6.95. The number of amides is 2. The second-order valence-electron chi connectivity index (χ2n) is 4.49. The van der Waals surface area contributed by atoms with Crippen molar-refractivity contribution in [2.24, 2.45) is 0 Å². The van der Waals surface area contributed by atoms with Gasteiger partial charge < -0.3 is 10.6 Å². The van der Waals surface area contributed by atoms with E-state index in [2.05, 4.69) is 20.8 Å². The van der Waals surface area contributed by atoms with Gasteiger partial charge in [0.2, 0.25) is 11.0 Å². The van der Waals surface area contributed by atoms with Gasteiger partial charge in [-0.3, -0.25) is 9.59 Å². The molecular formula is C13H12N4O2S. The van der Waals surface area contributed by atoms with E-state index in [4.69, 9.17) is 0 Å². The monoisotopic (exact) mass is 288 g/mol. The normalized spacial score (nSPS) is 16.6. The summed E-state index contributed by atoms with van der Waals surface area (Å²) in [6, 6.07) is 7.01. The number of nitrogens with zero attached hydrogens (tertiary/aromatic N) is 2. The molecule has 6 nitrogen and oxygen atoms in total. The van der Waals surface area contributed by atoms with Crippen LogP contribution < -0.4 is 10.6 Å². The van der Waals surface area contributed by atoms with Crippen LogP contribution in [0.2, 0.25) is 0 Å². The molecule has 7 heteroatoms. The first-order valence-electron chi connectivity index (χ1n) is 6.13. The first-order chi connectivity index (χ1) is 9.63. The van der Waals surface area contributed by atoms with Crippen LogP contribution in [0.4, 0.5) is 5.13 Å². The number of aryl methyl sites for hydroxylation is 1. The summed E-state index contributed by atoms with van der Waals surface area (Å²) < 4.78 is 0. The molecule has 1 aliphatic rings. The summed E-state index contributed by atoms with van der Waals surface area (Å²) in [5.41, 5.74) is 1.50. The van der Waals surface area contributed by atoms with Crippen LogP contribution in [0.15, 0.2) is 24.3 Å². The standard InChI is InChI=1S/C13H12N4O2S/c1-7-16-17-13(20-7)15-11(18)6-10-8-4-2-3-5-9(8)12(19)14-10/h2-5,10H,6H2,1H3,(H,14,19)(H,15,17,18)/t10-/m0/s1. The van der Waals surface area contributed by atoms with E-state index in [1.54, 1.807) is 6.07 Å². The Morgan fingerprint density at radius 1 is 1.40 bits per heavy atom. The van der Waals surface area contributed by atoms with Gasteiger partial charge in [0, 0.05) is 5.56 Å². The number of rotatable bonds is 3. The Balaban J connectivity index is 1.70. The molecule has 0 radical (unpaired) electrons. The minimum absolute atomic E-state index is 0.134. The Hall–Kier alpha value is -2.28. The fraction of sp³-hybridized carbons (Fsp3) is 0.231. The van der Waals surface area contributed by atoms with Crippen molar-refractivity contribution in [3.05, 3.63) is 40.4 Å². The quantitative estimate of drug-likeness (QED) is 0.899. The number of carbonyl (C=O) groups excluding carboxylic acids is 2. The molecule has 0 fully saturated rings. The highest BCUT2D eigenvalue weighted by Crippen LogP contribution is 2.27. The summed E-state index contributed by atoms with van der Waals surface area (Å²) in [6.45, 7) is 1.82. The smallest absolute Gasteiger partial charge is 0.252 e. The molecular weight excluding hydrogens is 276 g/mol. The summed E-state index contributed by atoms with van der Waals surface area (Å²) in [7, 11) is 0. The molecule has 0 saturated heterocycles. The Labute approximate surface area is 119 Å². The fourth-order valence-corrected chi connectivity index (χ4v) is 2.79. The molecule has 2 aromatic rings. The van der Waals surface area contributed by atoms with E-state index < -0.39 is 0 Å². The molecule has 20 heavy (non-hydrogen) atoms. The van der Waals surface area contributed by atoms with Crippen LogP contribution >= 0.6 is 11.3 Å². The summed E-state index contributed by atoms with van der Waals surface area (Å²) in [4.78, 5) is 23.7. The average molecular weight is 288 g/mol. The molecule has 0 bridgehead atoms. The second-order valence-corrected chi connectivity index (χ2v) is 5.67. The zero-order valence-corrected chi connectivity index (χ0v) is 11.5. The Morgan fingerprint density at radius 2 is 2.20 bits per heavy atom. The number of fused-ring (bicyclic) bond motifs is 1. The van der Waals surface area contributed by atoms with Crippen LogP contribution in [-0.2, 0) is 4.79 Å². The van der Waals surface area contributed by atoms with Crippen LogP contribution in [0.1, 0.15) is 33.4 Å². The van der Waals surface area contributed by atoms with Gasteiger partial charge in [-0.15, -0.1) is 10.2 Å². The largest absolute Gasteiger partial charge is 0.345 e. The molecule has 2 N–H and O–H groups in total. The fourth-order valence-electron chi connectivity index (χ4n) is 2.19. The van der Waals surface area contributed by atoms with Crippen molar-refractivity contribution < 1.29 is 9.59 Å². The van der Waals surface area contributed by atoms with Crippen molar-refractivity contribution in [3.63, 3.8) is 0 Å². The van der Waals surface area contributed by atoms with Gasteiger partial charge in [0.25, 0.3) is 5.91 Å². The van der Waals surface area contributed by atoms with Gasteiger partial charge in [-0.1, -0.05) is 29.5 Å². The first kappa shape index (κ1) is 12.7. The van der Waals surface area contributed by atoms with Crippen LogP contribution in [-0.4, -0.2) is 22.0 Å². The summed E-state index contributed by atoms with van der Waals surface area (Å²) in [5.74, 6) is -0.326. The van der Waals surface area contributed by atoms with E-state index in [1.807, 2.05) is 25.1 Å². The number of hydrogen-bond acceptors (Lipinski definition) is 5. The van der Waals surface area contributed by atoms with Crippen LogP contribution in [0.5, 0.6) is 0 Å². The molecule has 1 aromatic carbocycles. The SMILES string of the molecule is Cc1nnc(NC(=O)C[C@@H]2NC(=O)c3ccccc32)s1. The van der Waals surface area contributed by atoms with Crippen molar-refractivity contribution in [1.29, 1.82) is 0 Å². The molecule has 0 unspecified atom stereocenters. The number of hydrogen-bond donors (Lipinski definition) is 2. The molecule has 1 atom stereocenters. The summed E-state index contributed by atoms with van der Waals surface area (Å²) >= 11 is 1.32. The highest BCUT2D eigenvalue weighted by Gasteiger charge is 2.29. The predicted molar refractivity (Wildman–Crippen MR) is 74.5 cm³/mol. The van der Waals surface area contributed by atoms with Crippen molar-refractivity contribution in [2.45, 2.75) is 19.4 Å². The number of benzene rings is 1.